The molecule has 3 heteroatoms. The van der Waals surface area contributed by atoms with Gasteiger partial charge in [0.05, 0.1) is 5.03 Å². The van der Waals surface area contributed by atoms with Crippen LogP contribution in [0, 0.1) is 0 Å². The molecule has 15 heavy (non-hydrogen) atoms. The lowest BCUT2D eigenvalue weighted by Crippen LogP contribution is -1.97. The summed E-state index contributed by atoms with van der Waals surface area (Å²) >= 11 is 5.69. The van der Waals surface area contributed by atoms with Gasteiger partial charge in [0.25, 0.3) is 0 Å². The fraction of sp³-hybridized carbons (Fsp3) is 0.0833. The topological polar surface area (TPSA) is 37.3 Å². The van der Waals surface area contributed by atoms with Crippen molar-refractivity contribution in [2.24, 2.45) is 0 Å². The highest BCUT2D eigenvalue weighted by Crippen LogP contribution is 2.30. The molecule has 0 bridgehead atoms. The quantitative estimate of drug-likeness (QED) is 0.739. The van der Waals surface area contributed by atoms with Crippen molar-refractivity contribution in [3.63, 3.8) is 0 Å². The first-order valence-electron chi connectivity index (χ1n) is 4.56. The molecule has 0 heterocycles. The number of aliphatic hydroxyl groups is 1. The SMILES string of the molecule is O=C1C(O)=C(Cl)C/C1=C\c1ccccc1. The zero-order chi connectivity index (χ0) is 10.8. The molecule has 1 aromatic carbocycles. The second-order valence-corrected chi connectivity index (χ2v) is 3.80. The third kappa shape index (κ3) is 1.95. The number of rotatable bonds is 1. The van der Waals surface area contributed by atoms with Crippen molar-refractivity contribution < 1.29 is 9.90 Å². The number of carbonyl (C=O) groups excluding carboxylic acids is 1. The maximum atomic E-state index is 11.5. The first kappa shape index (κ1) is 9.99. The summed E-state index contributed by atoms with van der Waals surface area (Å²) in [5.74, 6) is -0.692. The van der Waals surface area contributed by atoms with E-state index in [0.717, 1.165) is 5.56 Å². The van der Waals surface area contributed by atoms with Gasteiger partial charge in [-0.05, 0) is 11.6 Å². The molecule has 0 saturated heterocycles. The summed E-state index contributed by atoms with van der Waals surface area (Å²) in [6, 6.07) is 9.47. The van der Waals surface area contributed by atoms with E-state index in [4.69, 9.17) is 11.6 Å². The van der Waals surface area contributed by atoms with Gasteiger partial charge in [0.2, 0.25) is 5.78 Å². The van der Waals surface area contributed by atoms with Crippen molar-refractivity contribution in [1.82, 2.24) is 0 Å². The predicted octanol–water partition coefficient (Wildman–Crippen LogP) is 3.05. The zero-order valence-electron chi connectivity index (χ0n) is 7.90. The minimum Gasteiger partial charge on any atom is -0.503 e. The Kier molecular flexibility index (Phi) is 2.60. The summed E-state index contributed by atoms with van der Waals surface area (Å²) < 4.78 is 0. The van der Waals surface area contributed by atoms with E-state index in [2.05, 4.69) is 0 Å². The van der Waals surface area contributed by atoms with Gasteiger partial charge in [-0.3, -0.25) is 4.79 Å². The van der Waals surface area contributed by atoms with Crippen LogP contribution < -0.4 is 0 Å². The van der Waals surface area contributed by atoms with E-state index in [9.17, 15) is 9.90 Å². The van der Waals surface area contributed by atoms with Crippen molar-refractivity contribution in [1.29, 1.82) is 0 Å². The molecule has 0 aromatic heterocycles. The Bertz CT molecular complexity index is 458. The molecule has 1 aromatic rings. The van der Waals surface area contributed by atoms with Crippen LogP contribution >= 0.6 is 11.6 Å². The fourth-order valence-corrected chi connectivity index (χ4v) is 1.70. The van der Waals surface area contributed by atoms with Crippen LogP contribution in [0.3, 0.4) is 0 Å². The Hall–Kier alpha value is -1.54. The first-order valence-corrected chi connectivity index (χ1v) is 4.94. The van der Waals surface area contributed by atoms with Crippen molar-refractivity contribution in [2.45, 2.75) is 6.42 Å². The van der Waals surface area contributed by atoms with E-state index in [0.29, 0.717) is 12.0 Å². The number of ketones is 1. The van der Waals surface area contributed by atoms with Gasteiger partial charge in [0.15, 0.2) is 5.76 Å². The van der Waals surface area contributed by atoms with Crippen LogP contribution in [0.1, 0.15) is 12.0 Å². The molecule has 0 saturated carbocycles. The van der Waals surface area contributed by atoms with E-state index in [1.54, 1.807) is 6.08 Å². The summed E-state index contributed by atoms with van der Waals surface area (Å²) in [4.78, 5) is 11.5. The molecule has 1 N–H and O–H groups in total. The lowest BCUT2D eigenvalue weighted by molar-refractivity contribution is -0.114. The summed E-state index contributed by atoms with van der Waals surface area (Å²) in [7, 11) is 0. The molecule has 2 rings (SSSR count). The molecule has 0 spiro atoms. The maximum Gasteiger partial charge on any atom is 0.224 e. The van der Waals surface area contributed by atoms with Crippen LogP contribution in [0.15, 0.2) is 46.7 Å². The molecule has 0 atom stereocenters. The Morgan fingerprint density at radius 3 is 2.47 bits per heavy atom. The lowest BCUT2D eigenvalue weighted by Gasteiger charge is -1.95. The highest BCUT2D eigenvalue weighted by Gasteiger charge is 2.26. The number of aliphatic hydroxyl groups excluding tert-OH is 1. The molecular weight excluding hydrogens is 212 g/mol. The summed E-state index contributed by atoms with van der Waals surface area (Å²) in [6.45, 7) is 0. The van der Waals surface area contributed by atoms with Crippen LogP contribution in [0.2, 0.25) is 0 Å². The second kappa shape index (κ2) is 3.91. The minimum atomic E-state index is -0.371. The summed E-state index contributed by atoms with van der Waals surface area (Å²) in [6.07, 6.45) is 2.06. The monoisotopic (exact) mass is 220 g/mol. The molecule has 76 valence electrons. The normalized spacial score (nSPS) is 19.0. The third-order valence-corrected chi connectivity index (χ3v) is 2.56. The Morgan fingerprint density at radius 1 is 1.27 bits per heavy atom. The fourth-order valence-electron chi connectivity index (χ4n) is 1.47. The van der Waals surface area contributed by atoms with Gasteiger partial charge in [0.1, 0.15) is 0 Å². The van der Waals surface area contributed by atoms with Gasteiger partial charge >= 0.3 is 0 Å². The second-order valence-electron chi connectivity index (χ2n) is 3.34. The van der Waals surface area contributed by atoms with Crippen molar-refractivity contribution >= 4 is 23.5 Å². The van der Waals surface area contributed by atoms with Gasteiger partial charge in [-0.2, -0.15) is 0 Å². The molecule has 1 aliphatic carbocycles. The number of Topliss-reactive ketones (excluding diaryl/α,β-unsaturated/α-hetero) is 1. The van der Waals surface area contributed by atoms with Gasteiger partial charge in [-0.25, -0.2) is 0 Å². The molecule has 1 aliphatic rings. The summed E-state index contributed by atoms with van der Waals surface area (Å²) in [5, 5.41) is 9.50. The molecule has 0 aliphatic heterocycles. The van der Waals surface area contributed by atoms with Gasteiger partial charge in [0, 0.05) is 12.0 Å². The van der Waals surface area contributed by atoms with E-state index < -0.39 is 0 Å². The Labute approximate surface area is 92.5 Å². The number of halogens is 1. The molecule has 0 unspecified atom stereocenters. The minimum absolute atomic E-state index is 0.224. The van der Waals surface area contributed by atoms with Crippen LogP contribution in [0.4, 0.5) is 0 Å². The Balaban J connectivity index is 2.30. The van der Waals surface area contributed by atoms with Gasteiger partial charge < -0.3 is 5.11 Å². The molecule has 2 nitrogen and oxygen atoms in total. The first-order chi connectivity index (χ1) is 7.18. The number of allylic oxidation sites excluding steroid dienone is 2. The molecule has 0 fully saturated rings. The van der Waals surface area contributed by atoms with Gasteiger partial charge in [-0.15, -0.1) is 0 Å². The van der Waals surface area contributed by atoms with Crippen LogP contribution in [0.5, 0.6) is 0 Å². The van der Waals surface area contributed by atoms with E-state index >= 15 is 0 Å². The van der Waals surface area contributed by atoms with Crippen molar-refractivity contribution in [3.8, 4) is 0 Å². The lowest BCUT2D eigenvalue weighted by atomic mass is 10.1. The van der Waals surface area contributed by atoms with Crippen molar-refractivity contribution in [3.05, 3.63) is 52.3 Å². The highest BCUT2D eigenvalue weighted by atomic mass is 35.5. The van der Waals surface area contributed by atoms with Crippen LogP contribution in [0.25, 0.3) is 6.08 Å². The number of carbonyl (C=O) groups is 1. The Morgan fingerprint density at radius 2 is 1.93 bits per heavy atom. The largest absolute Gasteiger partial charge is 0.503 e. The number of hydrogen-bond acceptors (Lipinski definition) is 2. The smallest absolute Gasteiger partial charge is 0.224 e. The molecule has 0 amide bonds. The van der Waals surface area contributed by atoms with Gasteiger partial charge in [-0.1, -0.05) is 41.9 Å². The highest BCUT2D eigenvalue weighted by molar-refractivity contribution is 6.35. The number of hydrogen-bond donors (Lipinski definition) is 1. The maximum absolute atomic E-state index is 11.5. The van der Waals surface area contributed by atoms with Crippen molar-refractivity contribution in [2.75, 3.05) is 0 Å². The average molecular weight is 221 g/mol. The van der Waals surface area contributed by atoms with Crippen LogP contribution in [-0.4, -0.2) is 10.9 Å². The average Bonchev–Trinajstić information content (AvgIpc) is 2.48. The molecule has 0 radical (unpaired) electrons. The van der Waals surface area contributed by atoms with E-state index in [1.807, 2.05) is 30.3 Å². The summed E-state index contributed by atoms with van der Waals surface area (Å²) in [5.41, 5.74) is 1.46. The molecular formula is C12H9ClO2. The van der Waals surface area contributed by atoms with Crippen LogP contribution in [-0.2, 0) is 4.79 Å². The predicted molar refractivity (Wildman–Crippen MR) is 59.6 cm³/mol. The van der Waals surface area contributed by atoms with E-state index in [1.165, 1.54) is 0 Å². The zero-order valence-corrected chi connectivity index (χ0v) is 8.66. The number of benzene rings is 1. The van der Waals surface area contributed by atoms with E-state index in [-0.39, 0.29) is 16.6 Å². The third-order valence-electron chi connectivity index (χ3n) is 2.25. The standard InChI is InChI=1S/C12H9ClO2/c13-10-7-9(11(14)12(10)15)6-8-4-2-1-3-5-8/h1-6,15H,7H2/b9-6+.